The molecule has 2 aromatic heterocycles. The number of fused-ring (bicyclic) bond motifs is 1. The van der Waals surface area contributed by atoms with Crippen molar-refractivity contribution in [1.82, 2.24) is 19.3 Å². The molecule has 3 rings (SSSR count). The van der Waals surface area contributed by atoms with Crippen LogP contribution >= 0.6 is 44.1 Å². The van der Waals surface area contributed by atoms with Gasteiger partial charge in [0.15, 0.2) is 10.4 Å². The van der Waals surface area contributed by atoms with Gasteiger partial charge in [0, 0.05) is 16.0 Å². The molecule has 0 saturated heterocycles. The quantitative estimate of drug-likeness (QED) is 0.625. The third-order valence-electron chi connectivity index (χ3n) is 3.22. The Hall–Kier alpha value is -0.920. The zero-order valence-corrected chi connectivity index (χ0v) is 14.9. The molecule has 0 aliphatic heterocycles. The predicted octanol–water partition coefficient (Wildman–Crippen LogP) is 4.51. The number of imidazole rings is 1. The molecule has 0 spiro atoms. The predicted molar refractivity (Wildman–Crippen MR) is 90.0 cm³/mol. The normalized spacial score (nSPS) is 11.4. The van der Waals surface area contributed by atoms with E-state index >= 15 is 0 Å². The highest BCUT2D eigenvalue weighted by molar-refractivity contribution is 9.11. The SMILES string of the molecule is CCc1nn(C)c2c1[nH]c(=S)n2-c1cc(Br)ccc1Br. The highest BCUT2D eigenvalue weighted by Gasteiger charge is 2.16. The van der Waals surface area contributed by atoms with Gasteiger partial charge >= 0.3 is 0 Å². The van der Waals surface area contributed by atoms with Crippen LogP contribution in [0.15, 0.2) is 27.1 Å². The second-order valence-electron chi connectivity index (χ2n) is 4.48. The lowest BCUT2D eigenvalue weighted by molar-refractivity contribution is 0.748. The minimum absolute atomic E-state index is 0.668. The average Bonchev–Trinajstić information content (AvgIpc) is 2.90. The van der Waals surface area contributed by atoms with Gasteiger partial charge in [-0.3, -0.25) is 4.57 Å². The molecule has 104 valence electrons. The van der Waals surface area contributed by atoms with Gasteiger partial charge in [0.05, 0.1) is 11.4 Å². The summed E-state index contributed by atoms with van der Waals surface area (Å²) >= 11 is 12.6. The number of nitrogens with one attached hydrogen (secondary N) is 1. The molecule has 0 unspecified atom stereocenters. The lowest BCUT2D eigenvalue weighted by Crippen LogP contribution is -2.01. The molecule has 0 aliphatic carbocycles. The Morgan fingerprint density at radius 2 is 2.10 bits per heavy atom. The van der Waals surface area contributed by atoms with Crippen molar-refractivity contribution in [3.63, 3.8) is 0 Å². The van der Waals surface area contributed by atoms with Crippen molar-refractivity contribution in [3.8, 4) is 5.69 Å². The van der Waals surface area contributed by atoms with Crippen molar-refractivity contribution >= 4 is 55.2 Å². The van der Waals surface area contributed by atoms with Crippen molar-refractivity contribution in [2.75, 3.05) is 0 Å². The Labute approximate surface area is 138 Å². The number of rotatable bonds is 2. The smallest absolute Gasteiger partial charge is 0.184 e. The van der Waals surface area contributed by atoms with E-state index in [1.54, 1.807) is 0 Å². The molecular formula is C13H12Br2N4S. The number of benzene rings is 1. The number of halogens is 2. The first-order valence-electron chi connectivity index (χ1n) is 6.15. The molecule has 0 radical (unpaired) electrons. The molecule has 3 aromatic rings. The molecule has 1 aromatic carbocycles. The van der Waals surface area contributed by atoms with Crippen molar-refractivity contribution in [1.29, 1.82) is 0 Å². The van der Waals surface area contributed by atoms with Gasteiger partial charge in [-0.05, 0) is 52.8 Å². The summed E-state index contributed by atoms with van der Waals surface area (Å²) in [5.74, 6) is 0. The largest absolute Gasteiger partial charge is 0.327 e. The van der Waals surface area contributed by atoms with E-state index < -0.39 is 0 Å². The molecule has 0 amide bonds. The van der Waals surface area contributed by atoms with Crippen LogP contribution in [0.5, 0.6) is 0 Å². The third kappa shape index (κ3) is 2.08. The van der Waals surface area contributed by atoms with Crippen LogP contribution in [-0.2, 0) is 13.5 Å². The van der Waals surface area contributed by atoms with Crippen molar-refractivity contribution in [2.24, 2.45) is 7.05 Å². The summed E-state index contributed by atoms with van der Waals surface area (Å²) < 4.78 is 6.53. The number of H-pyrrole nitrogens is 1. The summed E-state index contributed by atoms with van der Waals surface area (Å²) in [6, 6.07) is 6.02. The minimum Gasteiger partial charge on any atom is -0.327 e. The number of nitrogens with zero attached hydrogens (tertiary/aromatic N) is 3. The van der Waals surface area contributed by atoms with Crippen LogP contribution in [0.25, 0.3) is 16.9 Å². The van der Waals surface area contributed by atoms with Gasteiger partial charge in [0.1, 0.15) is 5.52 Å². The Balaban J connectivity index is 2.42. The zero-order chi connectivity index (χ0) is 14.4. The second kappa shape index (κ2) is 5.13. The Morgan fingerprint density at radius 1 is 1.35 bits per heavy atom. The molecule has 4 nitrogen and oxygen atoms in total. The Bertz CT molecular complexity index is 859. The Kier molecular flexibility index (Phi) is 3.60. The molecule has 0 aliphatic rings. The maximum Gasteiger partial charge on any atom is 0.184 e. The first-order chi connectivity index (χ1) is 9.52. The van der Waals surface area contributed by atoms with Crippen LogP contribution < -0.4 is 0 Å². The van der Waals surface area contributed by atoms with Gasteiger partial charge in [0.25, 0.3) is 0 Å². The van der Waals surface area contributed by atoms with E-state index in [0.29, 0.717) is 4.77 Å². The van der Waals surface area contributed by atoms with E-state index in [1.165, 1.54) is 0 Å². The van der Waals surface area contributed by atoms with Gasteiger partial charge in [0.2, 0.25) is 0 Å². The van der Waals surface area contributed by atoms with Crippen LogP contribution in [0.2, 0.25) is 0 Å². The van der Waals surface area contributed by atoms with Gasteiger partial charge in [-0.25, -0.2) is 4.68 Å². The Morgan fingerprint density at radius 3 is 2.80 bits per heavy atom. The van der Waals surface area contributed by atoms with E-state index in [0.717, 1.165) is 37.9 Å². The van der Waals surface area contributed by atoms with E-state index in [1.807, 2.05) is 34.5 Å². The number of aromatic nitrogens is 4. The van der Waals surface area contributed by atoms with Gasteiger partial charge in [-0.1, -0.05) is 22.9 Å². The molecule has 20 heavy (non-hydrogen) atoms. The molecule has 0 fully saturated rings. The maximum absolute atomic E-state index is 5.49. The maximum atomic E-state index is 5.49. The monoisotopic (exact) mass is 414 g/mol. The molecular weight excluding hydrogens is 404 g/mol. The van der Waals surface area contributed by atoms with Crippen molar-refractivity contribution in [3.05, 3.63) is 37.6 Å². The summed E-state index contributed by atoms with van der Waals surface area (Å²) in [5, 5.41) is 4.54. The van der Waals surface area contributed by atoms with E-state index in [-0.39, 0.29) is 0 Å². The number of hydrogen-bond acceptors (Lipinski definition) is 2. The average molecular weight is 416 g/mol. The summed E-state index contributed by atoms with van der Waals surface area (Å²) in [5.41, 5.74) is 4.00. The van der Waals surface area contributed by atoms with Gasteiger partial charge in [-0.15, -0.1) is 0 Å². The van der Waals surface area contributed by atoms with Gasteiger partial charge < -0.3 is 4.98 Å². The zero-order valence-electron chi connectivity index (χ0n) is 10.9. The van der Waals surface area contributed by atoms with Crippen LogP contribution in [0, 0.1) is 4.77 Å². The summed E-state index contributed by atoms with van der Waals surface area (Å²) in [7, 11) is 1.94. The van der Waals surface area contributed by atoms with E-state index in [9.17, 15) is 0 Å². The molecule has 0 saturated carbocycles. The fourth-order valence-corrected chi connectivity index (χ4v) is 3.40. The molecule has 1 N–H and O–H groups in total. The van der Waals surface area contributed by atoms with E-state index in [2.05, 4.69) is 48.9 Å². The number of aromatic amines is 1. The van der Waals surface area contributed by atoms with Crippen LogP contribution in [-0.4, -0.2) is 19.3 Å². The number of aryl methyl sites for hydroxylation is 2. The second-order valence-corrected chi connectivity index (χ2v) is 6.64. The van der Waals surface area contributed by atoms with Gasteiger partial charge in [-0.2, -0.15) is 5.10 Å². The van der Waals surface area contributed by atoms with Crippen molar-refractivity contribution in [2.45, 2.75) is 13.3 Å². The van der Waals surface area contributed by atoms with Crippen LogP contribution in [0.3, 0.4) is 0 Å². The summed E-state index contributed by atoms with van der Waals surface area (Å²) in [4.78, 5) is 3.27. The first-order valence-corrected chi connectivity index (χ1v) is 8.14. The number of hydrogen-bond donors (Lipinski definition) is 1. The van der Waals surface area contributed by atoms with Crippen molar-refractivity contribution < 1.29 is 0 Å². The topological polar surface area (TPSA) is 38.5 Å². The fraction of sp³-hybridized carbons (Fsp3) is 0.231. The summed E-state index contributed by atoms with van der Waals surface area (Å²) in [6.45, 7) is 2.09. The van der Waals surface area contributed by atoms with Crippen LogP contribution in [0.4, 0.5) is 0 Å². The molecule has 0 atom stereocenters. The first kappa shape index (κ1) is 14.0. The highest BCUT2D eigenvalue weighted by Crippen LogP contribution is 2.29. The fourth-order valence-electron chi connectivity index (χ4n) is 2.34. The standard InChI is InChI=1S/C13H12Br2N4S/c1-3-9-11-12(18(2)17-9)19(13(20)16-11)10-6-7(14)4-5-8(10)15/h4-6H,3H2,1-2H3,(H,16,20). The minimum atomic E-state index is 0.668. The molecule has 7 heteroatoms. The highest BCUT2D eigenvalue weighted by atomic mass is 79.9. The van der Waals surface area contributed by atoms with E-state index in [4.69, 9.17) is 12.2 Å². The van der Waals surface area contributed by atoms with Crippen LogP contribution in [0.1, 0.15) is 12.6 Å². The molecule has 2 heterocycles. The summed E-state index contributed by atoms with van der Waals surface area (Å²) in [6.07, 6.45) is 0.867. The molecule has 0 bridgehead atoms. The lowest BCUT2D eigenvalue weighted by Gasteiger charge is -2.08. The third-order valence-corrected chi connectivity index (χ3v) is 4.67. The lowest BCUT2D eigenvalue weighted by atomic mass is 10.3.